The third-order valence-corrected chi connectivity index (χ3v) is 2.34. The van der Waals surface area contributed by atoms with Crippen LogP contribution in [-0.4, -0.2) is 5.78 Å². The topological polar surface area (TPSA) is 17.1 Å². The molecule has 0 N–H and O–H groups in total. The van der Waals surface area contributed by atoms with Crippen molar-refractivity contribution in [3.05, 3.63) is 35.5 Å². The first kappa shape index (κ1) is 7.53. The lowest BCUT2D eigenvalue weighted by Crippen LogP contribution is -1.87. The van der Waals surface area contributed by atoms with E-state index in [9.17, 15) is 4.79 Å². The van der Waals surface area contributed by atoms with Crippen molar-refractivity contribution in [1.29, 1.82) is 0 Å². The number of ketones is 1. The maximum atomic E-state index is 11.0. The molecule has 0 saturated carbocycles. The number of allylic oxidation sites excluding steroid dienone is 6. The Labute approximate surface area is 72.5 Å². The number of carbonyl (C=O) groups is 1. The number of carbonyl (C=O) groups excluding carboxylic acids is 1. The van der Waals surface area contributed by atoms with E-state index >= 15 is 0 Å². The second-order valence-corrected chi connectivity index (χ2v) is 3.28. The van der Waals surface area contributed by atoms with E-state index in [0.29, 0.717) is 6.42 Å². The van der Waals surface area contributed by atoms with Crippen molar-refractivity contribution in [3.8, 4) is 0 Å². The largest absolute Gasteiger partial charge is 0.295 e. The van der Waals surface area contributed by atoms with E-state index < -0.39 is 0 Å². The van der Waals surface area contributed by atoms with Crippen LogP contribution in [0.15, 0.2) is 35.5 Å². The van der Waals surface area contributed by atoms with Gasteiger partial charge in [0.05, 0.1) is 0 Å². The van der Waals surface area contributed by atoms with Gasteiger partial charge in [-0.1, -0.05) is 18.2 Å². The van der Waals surface area contributed by atoms with Crippen molar-refractivity contribution >= 4 is 5.78 Å². The molecule has 0 aliphatic heterocycles. The van der Waals surface area contributed by atoms with E-state index in [1.54, 1.807) is 6.08 Å². The minimum atomic E-state index is 0.282. The molecule has 1 nitrogen and oxygen atoms in total. The number of hydrogen-bond donors (Lipinski definition) is 0. The molecule has 12 heavy (non-hydrogen) atoms. The summed E-state index contributed by atoms with van der Waals surface area (Å²) in [7, 11) is 0. The van der Waals surface area contributed by atoms with Gasteiger partial charge in [-0.15, -0.1) is 0 Å². The zero-order chi connectivity index (χ0) is 8.39. The monoisotopic (exact) mass is 160 g/mol. The fourth-order valence-corrected chi connectivity index (χ4v) is 1.68. The van der Waals surface area contributed by atoms with Crippen molar-refractivity contribution in [3.63, 3.8) is 0 Å². The maximum Gasteiger partial charge on any atom is 0.156 e. The predicted molar refractivity (Wildman–Crippen MR) is 48.8 cm³/mol. The summed E-state index contributed by atoms with van der Waals surface area (Å²) in [4.78, 5) is 11.0. The van der Waals surface area contributed by atoms with Gasteiger partial charge in [-0.3, -0.25) is 4.79 Å². The first-order valence-electron chi connectivity index (χ1n) is 4.47. The molecule has 0 aromatic carbocycles. The summed E-state index contributed by atoms with van der Waals surface area (Å²) in [5.41, 5.74) is 2.50. The third kappa shape index (κ3) is 1.40. The molecule has 0 spiro atoms. The number of rotatable bonds is 1. The van der Waals surface area contributed by atoms with E-state index in [1.807, 2.05) is 0 Å². The van der Waals surface area contributed by atoms with Gasteiger partial charge in [0.25, 0.3) is 0 Å². The Hall–Kier alpha value is -1.11. The Morgan fingerprint density at radius 2 is 2.08 bits per heavy atom. The molecule has 0 amide bonds. The second-order valence-electron chi connectivity index (χ2n) is 3.28. The van der Waals surface area contributed by atoms with Gasteiger partial charge in [0.2, 0.25) is 0 Å². The molecule has 0 unspecified atom stereocenters. The lowest BCUT2D eigenvalue weighted by Gasteiger charge is -2.06. The average Bonchev–Trinajstić information content (AvgIpc) is 2.54. The Morgan fingerprint density at radius 3 is 2.67 bits per heavy atom. The van der Waals surface area contributed by atoms with Gasteiger partial charge in [0.15, 0.2) is 5.78 Å². The van der Waals surface area contributed by atoms with E-state index in [0.717, 1.165) is 19.3 Å². The highest BCUT2D eigenvalue weighted by molar-refractivity contribution is 5.94. The highest BCUT2D eigenvalue weighted by Crippen LogP contribution is 2.26. The molecular weight excluding hydrogens is 148 g/mol. The van der Waals surface area contributed by atoms with Crippen molar-refractivity contribution in [2.75, 3.05) is 0 Å². The normalized spacial score (nSPS) is 22.5. The molecule has 62 valence electrons. The minimum absolute atomic E-state index is 0.282. The van der Waals surface area contributed by atoms with Gasteiger partial charge in [-0.25, -0.2) is 0 Å². The zero-order valence-corrected chi connectivity index (χ0v) is 7.05. The molecular formula is C11H12O. The molecule has 0 heterocycles. The molecule has 1 heteroatoms. The summed E-state index contributed by atoms with van der Waals surface area (Å²) in [6.07, 6.45) is 12.2. The summed E-state index contributed by atoms with van der Waals surface area (Å²) in [6.45, 7) is 0. The molecule has 0 radical (unpaired) electrons. The highest BCUT2D eigenvalue weighted by atomic mass is 16.1. The van der Waals surface area contributed by atoms with Crippen molar-refractivity contribution in [1.82, 2.24) is 0 Å². The molecule has 0 fully saturated rings. The Morgan fingerprint density at radius 1 is 1.17 bits per heavy atom. The molecule has 0 bridgehead atoms. The van der Waals surface area contributed by atoms with Crippen LogP contribution >= 0.6 is 0 Å². The molecule has 0 atom stereocenters. The van der Waals surface area contributed by atoms with Crippen LogP contribution in [0.1, 0.15) is 25.7 Å². The van der Waals surface area contributed by atoms with E-state index in [1.165, 1.54) is 11.1 Å². The first-order valence-corrected chi connectivity index (χ1v) is 4.47. The standard InChI is InChI=1S/C11H12O/c12-11-7-6-10(8-11)9-4-2-1-3-5-9/h2,4-5,8H,1,3,6-7H2. The summed E-state index contributed by atoms with van der Waals surface area (Å²) in [5, 5.41) is 0. The molecule has 0 aromatic rings. The van der Waals surface area contributed by atoms with Gasteiger partial charge in [-0.2, -0.15) is 0 Å². The van der Waals surface area contributed by atoms with E-state index in [2.05, 4.69) is 18.2 Å². The van der Waals surface area contributed by atoms with Crippen LogP contribution < -0.4 is 0 Å². The third-order valence-electron chi connectivity index (χ3n) is 2.34. The lowest BCUT2D eigenvalue weighted by molar-refractivity contribution is -0.114. The smallest absolute Gasteiger partial charge is 0.156 e. The minimum Gasteiger partial charge on any atom is -0.295 e. The molecule has 0 saturated heterocycles. The van der Waals surface area contributed by atoms with Gasteiger partial charge in [-0.05, 0) is 36.5 Å². The fourth-order valence-electron chi connectivity index (χ4n) is 1.68. The summed E-state index contributed by atoms with van der Waals surface area (Å²) in [6, 6.07) is 0. The van der Waals surface area contributed by atoms with Crippen LogP contribution in [0.5, 0.6) is 0 Å². The average molecular weight is 160 g/mol. The van der Waals surface area contributed by atoms with Crippen LogP contribution in [0.4, 0.5) is 0 Å². The molecule has 2 rings (SSSR count). The maximum absolute atomic E-state index is 11.0. The lowest BCUT2D eigenvalue weighted by atomic mass is 9.99. The summed E-state index contributed by atoms with van der Waals surface area (Å²) >= 11 is 0. The summed E-state index contributed by atoms with van der Waals surface area (Å²) in [5.74, 6) is 0.282. The van der Waals surface area contributed by atoms with Crippen molar-refractivity contribution in [2.45, 2.75) is 25.7 Å². The number of hydrogen-bond acceptors (Lipinski definition) is 1. The van der Waals surface area contributed by atoms with Crippen LogP contribution in [0, 0.1) is 0 Å². The van der Waals surface area contributed by atoms with Crippen LogP contribution in [0.25, 0.3) is 0 Å². The first-order chi connectivity index (χ1) is 5.86. The van der Waals surface area contributed by atoms with Gasteiger partial charge in [0, 0.05) is 6.42 Å². The molecule has 0 aromatic heterocycles. The zero-order valence-electron chi connectivity index (χ0n) is 7.05. The molecule has 2 aliphatic carbocycles. The van der Waals surface area contributed by atoms with Crippen LogP contribution in [0.2, 0.25) is 0 Å². The Bertz CT molecular complexity index is 292. The second kappa shape index (κ2) is 3.10. The van der Waals surface area contributed by atoms with Gasteiger partial charge < -0.3 is 0 Å². The quantitative estimate of drug-likeness (QED) is 0.576. The predicted octanol–water partition coefficient (Wildman–Crippen LogP) is 2.55. The van der Waals surface area contributed by atoms with Crippen LogP contribution in [0.3, 0.4) is 0 Å². The van der Waals surface area contributed by atoms with E-state index in [4.69, 9.17) is 0 Å². The molecule has 2 aliphatic rings. The summed E-state index contributed by atoms with van der Waals surface area (Å²) < 4.78 is 0. The van der Waals surface area contributed by atoms with E-state index in [-0.39, 0.29) is 5.78 Å². The van der Waals surface area contributed by atoms with Crippen molar-refractivity contribution in [2.24, 2.45) is 0 Å². The van der Waals surface area contributed by atoms with Gasteiger partial charge in [0.1, 0.15) is 0 Å². The van der Waals surface area contributed by atoms with Crippen molar-refractivity contribution < 1.29 is 4.79 Å². The highest BCUT2D eigenvalue weighted by Gasteiger charge is 2.14. The SMILES string of the molecule is O=C1C=C(C2=CCCC=C2)CC1. The Balaban J connectivity index is 2.19. The Kier molecular flexibility index (Phi) is 1.94. The van der Waals surface area contributed by atoms with Crippen LogP contribution in [-0.2, 0) is 4.79 Å². The van der Waals surface area contributed by atoms with Gasteiger partial charge >= 0.3 is 0 Å². The fraction of sp³-hybridized carbons (Fsp3) is 0.364.